The molecule has 0 spiro atoms. The lowest BCUT2D eigenvalue weighted by atomic mass is 10.1. The first kappa shape index (κ1) is 17.8. The van der Waals surface area contributed by atoms with Crippen LogP contribution in [0.5, 0.6) is 5.75 Å². The van der Waals surface area contributed by atoms with Crippen LogP contribution < -0.4 is 10.1 Å². The largest absolute Gasteiger partial charge is 0.484 e. The first-order valence-electron chi connectivity index (χ1n) is 8.55. The van der Waals surface area contributed by atoms with Crippen molar-refractivity contribution in [3.63, 3.8) is 0 Å². The molecule has 1 aromatic heterocycles. The van der Waals surface area contributed by atoms with Crippen LogP contribution in [0.2, 0.25) is 0 Å². The third-order valence-corrected chi connectivity index (χ3v) is 5.22. The molecule has 1 aromatic carbocycles. The number of rotatable bonds is 7. The standard InChI is InChI=1S/C18H23N3O3S/c1-12-6-5-9-15(13(12)2)23-10-17-20-21-18(24-17)25-11-16(22)19-14-7-3-4-8-14/h5-6,9,14H,3-4,7-8,10-11H2,1-2H3,(H,19,22). The number of amides is 1. The van der Waals surface area contributed by atoms with Gasteiger partial charge in [0.25, 0.3) is 11.1 Å². The molecule has 1 aliphatic rings. The number of carbonyl (C=O) groups excluding carboxylic acids is 1. The number of carbonyl (C=O) groups is 1. The first-order valence-corrected chi connectivity index (χ1v) is 9.54. The minimum atomic E-state index is 0.0169. The molecule has 1 amide bonds. The molecule has 0 unspecified atom stereocenters. The van der Waals surface area contributed by atoms with E-state index in [1.54, 1.807) is 0 Å². The molecule has 1 saturated carbocycles. The summed E-state index contributed by atoms with van der Waals surface area (Å²) in [5, 5.41) is 11.4. The van der Waals surface area contributed by atoms with E-state index in [0.29, 0.717) is 17.2 Å². The Bertz CT molecular complexity index is 726. The summed E-state index contributed by atoms with van der Waals surface area (Å²) < 4.78 is 11.3. The molecule has 25 heavy (non-hydrogen) atoms. The van der Waals surface area contributed by atoms with E-state index in [9.17, 15) is 4.79 Å². The molecule has 0 atom stereocenters. The van der Waals surface area contributed by atoms with Gasteiger partial charge in [-0.25, -0.2) is 0 Å². The van der Waals surface area contributed by atoms with E-state index in [2.05, 4.69) is 15.5 Å². The van der Waals surface area contributed by atoms with Crippen LogP contribution in [0.25, 0.3) is 0 Å². The lowest BCUT2D eigenvalue weighted by molar-refractivity contribution is -0.119. The van der Waals surface area contributed by atoms with E-state index < -0.39 is 0 Å². The lowest BCUT2D eigenvalue weighted by Gasteiger charge is -2.10. The number of benzene rings is 1. The second-order valence-electron chi connectivity index (χ2n) is 6.29. The molecule has 3 rings (SSSR count). The summed E-state index contributed by atoms with van der Waals surface area (Å²) in [6.07, 6.45) is 4.56. The molecular formula is C18H23N3O3S. The van der Waals surface area contributed by atoms with E-state index in [4.69, 9.17) is 9.15 Å². The van der Waals surface area contributed by atoms with E-state index in [0.717, 1.165) is 24.2 Å². The highest BCUT2D eigenvalue weighted by atomic mass is 32.2. The molecule has 7 heteroatoms. The molecule has 0 saturated heterocycles. The predicted octanol–water partition coefficient (Wildman–Crippen LogP) is 3.42. The fourth-order valence-corrected chi connectivity index (χ4v) is 3.43. The molecule has 1 aliphatic carbocycles. The molecule has 1 fully saturated rings. The van der Waals surface area contributed by atoms with Crippen LogP contribution in [0, 0.1) is 13.8 Å². The Balaban J connectivity index is 1.45. The first-order chi connectivity index (χ1) is 12.1. The van der Waals surface area contributed by atoms with Crippen LogP contribution >= 0.6 is 11.8 Å². The van der Waals surface area contributed by atoms with Crippen LogP contribution in [0.3, 0.4) is 0 Å². The summed E-state index contributed by atoms with van der Waals surface area (Å²) in [6.45, 7) is 4.27. The van der Waals surface area contributed by atoms with Crippen molar-refractivity contribution in [2.75, 3.05) is 5.75 Å². The molecule has 1 N–H and O–H groups in total. The zero-order chi connectivity index (χ0) is 17.6. The van der Waals surface area contributed by atoms with Crippen molar-refractivity contribution < 1.29 is 13.9 Å². The summed E-state index contributed by atoms with van der Waals surface area (Å²) in [6, 6.07) is 6.25. The van der Waals surface area contributed by atoms with Gasteiger partial charge < -0.3 is 14.5 Å². The van der Waals surface area contributed by atoms with Gasteiger partial charge in [-0.15, -0.1) is 10.2 Å². The summed E-state index contributed by atoms with van der Waals surface area (Å²) >= 11 is 1.25. The average Bonchev–Trinajstić information content (AvgIpc) is 3.26. The SMILES string of the molecule is Cc1cccc(OCc2nnc(SCC(=O)NC3CCCC3)o2)c1C. The lowest BCUT2D eigenvalue weighted by Crippen LogP contribution is -2.33. The van der Waals surface area contributed by atoms with E-state index in [-0.39, 0.29) is 18.3 Å². The Morgan fingerprint density at radius 2 is 2.12 bits per heavy atom. The van der Waals surface area contributed by atoms with Gasteiger partial charge in [-0.2, -0.15) is 0 Å². The third-order valence-electron chi connectivity index (χ3n) is 4.40. The number of hydrogen-bond donors (Lipinski definition) is 1. The molecule has 0 bridgehead atoms. The smallest absolute Gasteiger partial charge is 0.277 e. The van der Waals surface area contributed by atoms with Gasteiger partial charge in [-0.3, -0.25) is 4.79 Å². The van der Waals surface area contributed by atoms with Gasteiger partial charge in [-0.05, 0) is 43.9 Å². The second-order valence-corrected chi connectivity index (χ2v) is 7.21. The van der Waals surface area contributed by atoms with Gasteiger partial charge in [0.2, 0.25) is 5.91 Å². The Kier molecular flexibility index (Phi) is 5.96. The topological polar surface area (TPSA) is 77.2 Å². The second kappa shape index (κ2) is 8.38. The van der Waals surface area contributed by atoms with Gasteiger partial charge >= 0.3 is 0 Å². The normalized spacial score (nSPS) is 14.6. The van der Waals surface area contributed by atoms with Crippen molar-refractivity contribution in [3.8, 4) is 5.75 Å². The van der Waals surface area contributed by atoms with E-state index in [1.807, 2.05) is 32.0 Å². The highest BCUT2D eigenvalue weighted by Gasteiger charge is 2.18. The minimum absolute atomic E-state index is 0.0169. The highest BCUT2D eigenvalue weighted by molar-refractivity contribution is 7.99. The monoisotopic (exact) mass is 361 g/mol. The molecule has 0 radical (unpaired) electrons. The van der Waals surface area contributed by atoms with Crippen molar-refractivity contribution in [2.24, 2.45) is 0 Å². The van der Waals surface area contributed by atoms with E-state index >= 15 is 0 Å². The fourth-order valence-electron chi connectivity index (χ4n) is 2.84. The number of hydrogen-bond acceptors (Lipinski definition) is 6. The minimum Gasteiger partial charge on any atom is -0.484 e. The number of aryl methyl sites for hydroxylation is 1. The van der Waals surface area contributed by atoms with Gasteiger partial charge in [0.05, 0.1) is 5.75 Å². The number of aromatic nitrogens is 2. The maximum atomic E-state index is 11.9. The zero-order valence-electron chi connectivity index (χ0n) is 14.6. The van der Waals surface area contributed by atoms with E-state index in [1.165, 1.54) is 30.2 Å². The van der Waals surface area contributed by atoms with Crippen LogP contribution in [0.4, 0.5) is 0 Å². The molecule has 134 valence electrons. The zero-order valence-corrected chi connectivity index (χ0v) is 15.4. The van der Waals surface area contributed by atoms with Crippen molar-refractivity contribution in [1.82, 2.24) is 15.5 Å². The highest BCUT2D eigenvalue weighted by Crippen LogP contribution is 2.23. The van der Waals surface area contributed by atoms with Crippen molar-refractivity contribution >= 4 is 17.7 Å². The summed E-state index contributed by atoms with van der Waals surface area (Å²) in [5.41, 5.74) is 2.27. The summed E-state index contributed by atoms with van der Waals surface area (Å²) in [7, 11) is 0. The number of nitrogens with zero attached hydrogens (tertiary/aromatic N) is 2. The Labute approximate surface area is 151 Å². The van der Waals surface area contributed by atoms with Crippen LogP contribution in [0.1, 0.15) is 42.7 Å². The van der Waals surface area contributed by atoms with Gasteiger partial charge in [0.1, 0.15) is 5.75 Å². The molecule has 0 aliphatic heterocycles. The van der Waals surface area contributed by atoms with Crippen LogP contribution in [-0.2, 0) is 11.4 Å². The van der Waals surface area contributed by atoms with Crippen molar-refractivity contribution in [2.45, 2.75) is 57.4 Å². The molecule has 6 nitrogen and oxygen atoms in total. The van der Waals surface area contributed by atoms with Crippen LogP contribution in [0.15, 0.2) is 27.8 Å². The summed E-state index contributed by atoms with van der Waals surface area (Å²) in [5.74, 6) is 1.52. The van der Waals surface area contributed by atoms with Gasteiger partial charge in [0.15, 0.2) is 6.61 Å². The quantitative estimate of drug-likeness (QED) is 0.762. The van der Waals surface area contributed by atoms with Crippen molar-refractivity contribution in [3.05, 3.63) is 35.2 Å². The number of nitrogens with one attached hydrogen (secondary N) is 1. The van der Waals surface area contributed by atoms with Gasteiger partial charge in [-0.1, -0.05) is 36.7 Å². The summed E-state index contributed by atoms with van der Waals surface area (Å²) in [4.78, 5) is 11.9. The Morgan fingerprint density at radius 3 is 2.92 bits per heavy atom. The molecular weight excluding hydrogens is 338 g/mol. The Morgan fingerprint density at radius 1 is 1.32 bits per heavy atom. The maximum Gasteiger partial charge on any atom is 0.277 e. The Hall–Kier alpha value is -2.02. The average molecular weight is 361 g/mol. The molecule has 2 aromatic rings. The number of thioether (sulfide) groups is 1. The maximum absolute atomic E-state index is 11.9. The van der Waals surface area contributed by atoms with Crippen molar-refractivity contribution in [1.29, 1.82) is 0 Å². The fraction of sp³-hybridized carbons (Fsp3) is 0.500. The molecule has 1 heterocycles. The third kappa shape index (κ3) is 4.98. The van der Waals surface area contributed by atoms with Crippen LogP contribution in [-0.4, -0.2) is 27.9 Å². The number of ether oxygens (including phenoxy) is 1. The van der Waals surface area contributed by atoms with Gasteiger partial charge in [0, 0.05) is 6.04 Å². The predicted molar refractivity (Wildman–Crippen MR) is 95.7 cm³/mol.